The average molecular weight is 359 g/mol. The maximum atomic E-state index is 12.7. The summed E-state index contributed by atoms with van der Waals surface area (Å²) in [6.45, 7) is 1.36. The summed E-state index contributed by atoms with van der Waals surface area (Å²) in [4.78, 5) is 18.3. The summed E-state index contributed by atoms with van der Waals surface area (Å²) in [5.74, 6) is 1.13. The number of fused-ring (bicyclic) bond motifs is 1. The summed E-state index contributed by atoms with van der Waals surface area (Å²) < 4.78 is 1.41. The summed E-state index contributed by atoms with van der Waals surface area (Å²) in [7, 11) is 0. The maximum Gasteiger partial charge on any atom is 0.246 e. The van der Waals surface area contributed by atoms with Crippen LogP contribution in [-0.4, -0.2) is 55.4 Å². The fourth-order valence-electron chi connectivity index (χ4n) is 3.85. The molecule has 0 unspecified atom stereocenters. The third-order valence-corrected chi connectivity index (χ3v) is 5.28. The lowest BCUT2D eigenvalue weighted by atomic mass is 9.82. The summed E-state index contributed by atoms with van der Waals surface area (Å²) in [5, 5.41) is 20.8. The number of carbonyl (C=O) groups excluding carboxylic acids is 1. The number of nitrogens with one attached hydrogen (secondary N) is 1. The standard InChI is InChI=1S/C17H25N7O2/c25-17(23-10-4-1-5-11-26-23)12-13-6-2-3-7-14(13)18-15-8-9-16-19-21-22-24(16)20-15/h8-9,13-14H,1-7,10-12H2,(H,18,20)/t13-,14-/m0/s1. The molecule has 140 valence electrons. The van der Waals surface area contributed by atoms with Crippen LogP contribution in [0.3, 0.4) is 0 Å². The molecule has 9 nitrogen and oxygen atoms in total. The van der Waals surface area contributed by atoms with E-state index in [0.29, 0.717) is 25.2 Å². The van der Waals surface area contributed by atoms with E-state index in [0.717, 1.165) is 50.8 Å². The first-order chi connectivity index (χ1) is 12.8. The summed E-state index contributed by atoms with van der Waals surface area (Å²) in [5.41, 5.74) is 0.615. The van der Waals surface area contributed by atoms with Gasteiger partial charge in [0.1, 0.15) is 5.82 Å². The number of hydrogen-bond donors (Lipinski definition) is 1. The largest absolute Gasteiger partial charge is 0.366 e. The van der Waals surface area contributed by atoms with Crippen molar-refractivity contribution >= 4 is 17.4 Å². The molecule has 2 aromatic rings. The van der Waals surface area contributed by atoms with Gasteiger partial charge in [0.05, 0.1) is 6.61 Å². The molecule has 1 aliphatic carbocycles. The van der Waals surface area contributed by atoms with Gasteiger partial charge in [0, 0.05) is 19.0 Å². The number of amides is 1. The minimum atomic E-state index is 0.106. The Labute approximate surface area is 152 Å². The van der Waals surface area contributed by atoms with Gasteiger partial charge in [0.15, 0.2) is 5.65 Å². The molecule has 4 rings (SSSR count). The Morgan fingerprint density at radius 2 is 2.12 bits per heavy atom. The number of tetrazole rings is 1. The molecule has 1 saturated carbocycles. The van der Waals surface area contributed by atoms with Gasteiger partial charge in [0.25, 0.3) is 0 Å². The van der Waals surface area contributed by atoms with Crippen LogP contribution in [0.2, 0.25) is 0 Å². The lowest BCUT2D eigenvalue weighted by Crippen LogP contribution is -2.38. The fraction of sp³-hybridized carbons (Fsp3) is 0.706. The Morgan fingerprint density at radius 1 is 1.19 bits per heavy atom. The van der Waals surface area contributed by atoms with E-state index in [1.54, 1.807) is 5.06 Å². The van der Waals surface area contributed by atoms with E-state index >= 15 is 0 Å². The Bertz CT molecular complexity index is 742. The normalized spacial score (nSPS) is 24.4. The minimum Gasteiger partial charge on any atom is -0.366 e. The number of carbonyl (C=O) groups is 1. The van der Waals surface area contributed by atoms with Gasteiger partial charge < -0.3 is 5.32 Å². The molecule has 1 N–H and O–H groups in total. The van der Waals surface area contributed by atoms with Crippen LogP contribution in [0.4, 0.5) is 5.82 Å². The maximum absolute atomic E-state index is 12.7. The van der Waals surface area contributed by atoms with E-state index < -0.39 is 0 Å². The Morgan fingerprint density at radius 3 is 3.08 bits per heavy atom. The summed E-state index contributed by atoms with van der Waals surface area (Å²) >= 11 is 0. The van der Waals surface area contributed by atoms with Crippen molar-refractivity contribution < 1.29 is 9.63 Å². The molecule has 26 heavy (non-hydrogen) atoms. The van der Waals surface area contributed by atoms with Crippen molar-refractivity contribution in [2.24, 2.45) is 5.92 Å². The molecule has 3 heterocycles. The predicted molar refractivity (Wildman–Crippen MR) is 94.1 cm³/mol. The number of nitrogens with zero attached hydrogens (tertiary/aromatic N) is 6. The van der Waals surface area contributed by atoms with Crippen molar-refractivity contribution in [1.29, 1.82) is 0 Å². The van der Waals surface area contributed by atoms with Gasteiger partial charge in [-0.3, -0.25) is 9.63 Å². The number of rotatable bonds is 4. The molecule has 1 saturated heterocycles. The second-order valence-electron chi connectivity index (χ2n) is 7.13. The van der Waals surface area contributed by atoms with Gasteiger partial charge in [-0.25, -0.2) is 5.06 Å². The molecule has 0 aromatic carbocycles. The number of hydrogen-bond acceptors (Lipinski definition) is 7. The van der Waals surface area contributed by atoms with Crippen molar-refractivity contribution in [2.45, 2.75) is 57.4 Å². The van der Waals surface area contributed by atoms with Crippen LogP contribution in [-0.2, 0) is 9.63 Å². The van der Waals surface area contributed by atoms with Crippen molar-refractivity contribution in [3.63, 3.8) is 0 Å². The Balaban J connectivity index is 1.41. The second kappa shape index (κ2) is 7.94. The van der Waals surface area contributed by atoms with Crippen LogP contribution < -0.4 is 5.32 Å². The first-order valence-electron chi connectivity index (χ1n) is 9.55. The van der Waals surface area contributed by atoms with Gasteiger partial charge in [-0.2, -0.15) is 0 Å². The third kappa shape index (κ3) is 3.92. The van der Waals surface area contributed by atoms with Gasteiger partial charge in [-0.05, 0) is 60.6 Å². The van der Waals surface area contributed by atoms with Crippen molar-refractivity contribution in [3.8, 4) is 0 Å². The van der Waals surface area contributed by atoms with Gasteiger partial charge in [-0.15, -0.1) is 14.8 Å². The quantitative estimate of drug-likeness (QED) is 0.889. The van der Waals surface area contributed by atoms with E-state index in [1.165, 1.54) is 4.63 Å². The molecule has 2 aromatic heterocycles. The van der Waals surface area contributed by atoms with Crippen LogP contribution in [0.5, 0.6) is 0 Å². The van der Waals surface area contributed by atoms with E-state index in [2.05, 4.69) is 25.9 Å². The smallest absolute Gasteiger partial charge is 0.246 e. The Kier molecular flexibility index (Phi) is 5.24. The van der Waals surface area contributed by atoms with Crippen LogP contribution in [0, 0.1) is 5.92 Å². The first-order valence-corrected chi connectivity index (χ1v) is 9.55. The molecular formula is C17H25N7O2. The highest BCUT2D eigenvalue weighted by Gasteiger charge is 2.29. The van der Waals surface area contributed by atoms with E-state index in [-0.39, 0.29) is 17.9 Å². The van der Waals surface area contributed by atoms with Gasteiger partial charge in [-0.1, -0.05) is 12.8 Å². The van der Waals surface area contributed by atoms with Gasteiger partial charge in [0.2, 0.25) is 5.91 Å². The molecule has 1 aliphatic heterocycles. The highest BCUT2D eigenvalue weighted by atomic mass is 16.7. The van der Waals surface area contributed by atoms with E-state index in [4.69, 9.17) is 4.84 Å². The number of aromatic nitrogens is 5. The van der Waals surface area contributed by atoms with E-state index in [1.807, 2.05) is 12.1 Å². The van der Waals surface area contributed by atoms with Gasteiger partial charge >= 0.3 is 0 Å². The molecule has 2 atom stereocenters. The first kappa shape index (κ1) is 17.1. The molecule has 2 fully saturated rings. The SMILES string of the molecule is O=C(C[C@@H]1CCCC[C@@H]1Nc1ccc2nnnn2n1)N1CCCCCO1. The zero-order valence-electron chi connectivity index (χ0n) is 14.9. The topological polar surface area (TPSA) is 97.5 Å². The van der Waals surface area contributed by atoms with Crippen LogP contribution >= 0.6 is 0 Å². The third-order valence-electron chi connectivity index (χ3n) is 5.28. The fourth-order valence-corrected chi connectivity index (χ4v) is 3.85. The average Bonchev–Trinajstić information content (AvgIpc) is 2.95. The van der Waals surface area contributed by atoms with Crippen LogP contribution in [0.15, 0.2) is 12.1 Å². The molecule has 0 bridgehead atoms. The lowest BCUT2D eigenvalue weighted by molar-refractivity contribution is -0.184. The Hall–Kier alpha value is -2.29. The predicted octanol–water partition coefficient (Wildman–Crippen LogP) is 1.82. The lowest BCUT2D eigenvalue weighted by Gasteiger charge is -2.33. The van der Waals surface area contributed by atoms with Crippen LogP contribution in [0.1, 0.15) is 51.4 Å². The zero-order valence-corrected chi connectivity index (χ0v) is 14.9. The van der Waals surface area contributed by atoms with Crippen molar-refractivity contribution in [2.75, 3.05) is 18.5 Å². The van der Waals surface area contributed by atoms with Crippen LogP contribution in [0.25, 0.3) is 5.65 Å². The molecule has 0 spiro atoms. The molecule has 0 radical (unpaired) electrons. The highest BCUT2D eigenvalue weighted by molar-refractivity contribution is 5.75. The monoisotopic (exact) mass is 359 g/mol. The number of hydroxylamine groups is 2. The number of anilines is 1. The molecule has 2 aliphatic rings. The summed E-state index contributed by atoms with van der Waals surface area (Å²) in [6, 6.07) is 3.95. The highest BCUT2D eigenvalue weighted by Crippen LogP contribution is 2.30. The molecule has 1 amide bonds. The van der Waals surface area contributed by atoms with Crippen molar-refractivity contribution in [1.82, 2.24) is 30.3 Å². The zero-order chi connectivity index (χ0) is 17.8. The summed E-state index contributed by atoms with van der Waals surface area (Å²) in [6.07, 6.45) is 8.11. The van der Waals surface area contributed by atoms with E-state index in [9.17, 15) is 4.79 Å². The molecule has 9 heteroatoms. The molecular weight excluding hydrogens is 334 g/mol. The minimum absolute atomic E-state index is 0.106. The second-order valence-corrected chi connectivity index (χ2v) is 7.13. The van der Waals surface area contributed by atoms with Crippen molar-refractivity contribution in [3.05, 3.63) is 12.1 Å².